The van der Waals surface area contributed by atoms with Crippen LogP contribution in [-0.4, -0.2) is 26.6 Å². The van der Waals surface area contributed by atoms with Gasteiger partial charge in [-0.15, -0.1) is 0 Å². The largest absolute Gasteiger partial charge is 0.497 e. The molecule has 0 radical (unpaired) electrons. The molecule has 5 aromatic rings. The van der Waals surface area contributed by atoms with Gasteiger partial charge in [-0.2, -0.15) is 10.2 Å². The summed E-state index contributed by atoms with van der Waals surface area (Å²) in [5.74, 6) is 1.44. The number of nitrogen functional groups attached to an aromatic ring is 1. The van der Waals surface area contributed by atoms with Crippen LogP contribution in [0.3, 0.4) is 0 Å². The molecule has 9 heteroatoms. The first-order chi connectivity index (χ1) is 18.0. The highest BCUT2D eigenvalue weighted by Crippen LogP contribution is 2.30. The van der Waals surface area contributed by atoms with Crippen molar-refractivity contribution in [3.8, 4) is 28.6 Å². The molecule has 0 aliphatic heterocycles. The van der Waals surface area contributed by atoms with E-state index in [4.69, 9.17) is 15.5 Å². The van der Waals surface area contributed by atoms with Crippen LogP contribution in [0.1, 0.15) is 24.4 Å². The van der Waals surface area contributed by atoms with Gasteiger partial charge in [0.05, 0.1) is 35.9 Å². The Morgan fingerprint density at radius 3 is 2.59 bits per heavy atom. The highest BCUT2D eigenvalue weighted by molar-refractivity contribution is 5.94. The number of nitrogens with zero attached hydrogens (tertiary/aromatic N) is 5. The Balaban J connectivity index is 1.74. The van der Waals surface area contributed by atoms with Gasteiger partial charge in [0.2, 0.25) is 5.95 Å². The third-order valence-corrected chi connectivity index (χ3v) is 5.99. The van der Waals surface area contributed by atoms with Gasteiger partial charge < -0.3 is 15.8 Å². The summed E-state index contributed by atoms with van der Waals surface area (Å²) in [6, 6.07) is 24.0. The van der Waals surface area contributed by atoms with Crippen molar-refractivity contribution in [1.82, 2.24) is 19.5 Å². The third-order valence-electron chi connectivity index (χ3n) is 5.99. The van der Waals surface area contributed by atoms with E-state index in [0.717, 1.165) is 11.1 Å². The average Bonchev–Trinajstić information content (AvgIpc) is 2.93. The smallest absolute Gasteiger partial charge is 0.266 e. The number of nitriles is 1. The molecule has 2 aromatic heterocycles. The van der Waals surface area contributed by atoms with Crippen LogP contribution in [0.4, 0.5) is 11.8 Å². The molecule has 5 rings (SSSR count). The Bertz CT molecular complexity index is 1710. The van der Waals surface area contributed by atoms with Crippen molar-refractivity contribution in [2.24, 2.45) is 0 Å². The molecular weight excluding hydrogens is 466 g/mol. The average molecular weight is 490 g/mol. The Labute approximate surface area is 212 Å². The number of nitrogens with one attached hydrogen (secondary N) is 1. The quantitative estimate of drug-likeness (QED) is 0.357. The molecule has 2 heterocycles. The van der Waals surface area contributed by atoms with Gasteiger partial charge in [0.15, 0.2) is 0 Å². The van der Waals surface area contributed by atoms with E-state index in [2.05, 4.69) is 21.4 Å². The fraction of sp³-hybridized carbons (Fsp3) is 0.107. The van der Waals surface area contributed by atoms with Gasteiger partial charge in [-0.3, -0.25) is 9.36 Å². The first kappa shape index (κ1) is 23.5. The van der Waals surface area contributed by atoms with Crippen molar-refractivity contribution < 1.29 is 4.74 Å². The number of para-hydroxylation sites is 1. The van der Waals surface area contributed by atoms with Crippen molar-refractivity contribution in [3.05, 3.63) is 101 Å². The van der Waals surface area contributed by atoms with Crippen molar-refractivity contribution >= 4 is 22.7 Å². The van der Waals surface area contributed by atoms with Crippen LogP contribution in [0.2, 0.25) is 0 Å². The van der Waals surface area contributed by atoms with E-state index in [1.165, 1.54) is 6.20 Å². The highest BCUT2D eigenvalue weighted by atomic mass is 16.5. The normalized spacial score (nSPS) is 11.6. The van der Waals surface area contributed by atoms with Crippen molar-refractivity contribution in [2.75, 3.05) is 18.2 Å². The molecule has 0 bridgehead atoms. The molecule has 0 amide bonds. The minimum Gasteiger partial charge on any atom is -0.497 e. The standard InChI is InChI=1S/C28H23N7O2/c1-17(32-25-19(15-29)16-31-28(30)34-25)26-33-23-13-7-12-22(18-8-6-11-21(14-18)37-2)24(23)27(36)35(26)20-9-4-3-5-10-20/h3-14,16-17H,1-2H3,(H3,30,31,32,34)/t17-/m1/s1. The second-order valence-corrected chi connectivity index (χ2v) is 8.35. The minimum atomic E-state index is -0.515. The van der Waals surface area contributed by atoms with E-state index < -0.39 is 6.04 Å². The molecule has 0 aliphatic rings. The number of aromatic nitrogens is 4. The summed E-state index contributed by atoms with van der Waals surface area (Å²) in [4.78, 5) is 27.2. The number of hydrogen-bond acceptors (Lipinski definition) is 8. The van der Waals surface area contributed by atoms with E-state index in [1.54, 1.807) is 11.7 Å². The fourth-order valence-corrected chi connectivity index (χ4v) is 4.25. The lowest BCUT2D eigenvalue weighted by molar-refractivity contribution is 0.415. The number of rotatable bonds is 6. The number of nitrogens with two attached hydrogens (primary N) is 1. The summed E-state index contributed by atoms with van der Waals surface area (Å²) in [6.07, 6.45) is 1.36. The van der Waals surface area contributed by atoms with E-state index >= 15 is 0 Å². The van der Waals surface area contributed by atoms with Gasteiger partial charge in [0.1, 0.15) is 29.0 Å². The first-order valence-electron chi connectivity index (χ1n) is 11.5. The molecule has 9 nitrogen and oxygen atoms in total. The molecule has 3 N–H and O–H groups in total. The Kier molecular flexibility index (Phi) is 6.22. The summed E-state index contributed by atoms with van der Waals surface area (Å²) >= 11 is 0. The van der Waals surface area contributed by atoms with Gasteiger partial charge in [-0.25, -0.2) is 9.97 Å². The minimum absolute atomic E-state index is 0.0311. The van der Waals surface area contributed by atoms with Crippen molar-refractivity contribution in [3.63, 3.8) is 0 Å². The van der Waals surface area contributed by atoms with Crippen LogP contribution in [0, 0.1) is 11.3 Å². The maximum absolute atomic E-state index is 14.2. The molecule has 0 spiro atoms. The lowest BCUT2D eigenvalue weighted by Gasteiger charge is -2.21. The Hall–Kier alpha value is -5.23. The summed E-state index contributed by atoms with van der Waals surface area (Å²) in [7, 11) is 1.61. The highest BCUT2D eigenvalue weighted by Gasteiger charge is 2.21. The van der Waals surface area contributed by atoms with Crippen molar-refractivity contribution in [2.45, 2.75) is 13.0 Å². The SMILES string of the molecule is COc1cccc(-c2cccc3nc([C@@H](C)Nc4nc(N)ncc4C#N)n(-c4ccccc4)c(=O)c23)c1. The topological polar surface area (TPSA) is 132 Å². The van der Waals surface area contributed by atoms with Crippen LogP contribution in [0.25, 0.3) is 27.7 Å². The summed E-state index contributed by atoms with van der Waals surface area (Å²) in [5.41, 5.74) is 8.57. The summed E-state index contributed by atoms with van der Waals surface area (Å²) in [5, 5.41) is 13.2. The molecule has 0 unspecified atom stereocenters. The van der Waals surface area contributed by atoms with Crippen LogP contribution in [0.5, 0.6) is 5.75 Å². The number of anilines is 2. The predicted octanol–water partition coefficient (Wildman–Crippen LogP) is 4.48. The molecule has 1 atom stereocenters. The van der Waals surface area contributed by atoms with E-state index in [1.807, 2.05) is 79.7 Å². The zero-order valence-corrected chi connectivity index (χ0v) is 20.2. The molecule has 0 aliphatic carbocycles. The Morgan fingerprint density at radius 1 is 1.05 bits per heavy atom. The lowest BCUT2D eigenvalue weighted by atomic mass is 10.0. The number of benzene rings is 3. The third kappa shape index (κ3) is 4.44. The van der Waals surface area contributed by atoms with E-state index in [9.17, 15) is 10.1 Å². The van der Waals surface area contributed by atoms with Gasteiger partial charge in [-0.1, -0.05) is 42.5 Å². The lowest BCUT2D eigenvalue weighted by Crippen LogP contribution is -2.28. The van der Waals surface area contributed by atoms with E-state index in [0.29, 0.717) is 28.2 Å². The molecule has 37 heavy (non-hydrogen) atoms. The second kappa shape index (κ2) is 9.79. The van der Waals surface area contributed by atoms with Crippen LogP contribution >= 0.6 is 0 Å². The van der Waals surface area contributed by atoms with Gasteiger partial charge in [0.25, 0.3) is 5.56 Å². The van der Waals surface area contributed by atoms with Crippen LogP contribution < -0.4 is 21.3 Å². The first-order valence-corrected chi connectivity index (χ1v) is 11.5. The molecular formula is C28H23N7O2. The van der Waals surface area contributed by atoms with Gasteiger partial charge >= 0.3 is 0 Å². The predicted molar refractivity (Wildman–Crippen MR) is 143 cm³/mol. The Morgan fingerprint density at radius 2 is 1.84 bits per heavy atom. The zero-order chi connectivity index (χ0) is 25.9. The molecule has 0 saturated carbocycles. The maximum Gasteiger partial charge on any atom is 0.266 e. The summed E-state index contributed by atoms with van der Waals surface area (Å²) in [6.45, 7) is 1.85. The number of hydrogen-bond donors (Lipinski definition) is 2. The fourth-order valence-electron chi connectivity index (χ4n) is 4.25. The summed E-state index contributed by atoms with van der Waals surface area (Å²) < 4.78 is 6.98. The monoisotopic (exact) mass is 489 g/mol. The molecule has 0 saturated heterocycles. The van der Waals surface area contributed by atoms with E-state index in [-0.39, 0.29) is 22.9 Å². The zero-order valence-electron chi connectivity index (χ0n) is 20.2. The molecule has 0 fully saturated rings. The maximum atomic E-state index is 14.2. The molecule has 182 valence electrons. The number of methoxy groups -OCH3 is 1. The van der Waals surface area contributed by atoms with Gasteiger partial charge in [-0.05, 0) is 48.4 Å². The van der Waals surface area contributed by atoms with Crippen LogP contribution in [-0.2, 0) is 0 Å². The second-order valence-electron chi connectivity index (χ2n) is 8.35. The number of fused-ring (bicyclic) bond motifs is 1. The molecule has 3 aromatic carbocycles. The number of ether oxygens (including phenoxy) is 1. The van der Waals surface area contributed by atoms with Gasteiger partial charge in [0, 0.05) is 0 Å². The van der Waals surface area contributed by atoms with Crippen molar-refractivity contribution in [1.29, 1.82) is 5.26 Å². The van der Waals surface area contributed by atoms with Crippen LogP contribution in [0.15, 0.2) is 83.8 Å².